The van der Waals surface area contributed by atoms with Gasteiger partial charge >= 0.3 is 0 Å². The Kier molecular flexibility index (Phi) is 4.56. The van der Waals surface area contributed by atoms with Crippen LogP contribution in [-0.4, -0.2) is 67.0 Å². The molecule has 0 spiro atoms. The summed E-state index contributed by atoms with van der Waals surface area (Å²) in [7, 11) is 0. The lowest BCUT2D eigenvalue weighted by Crippen LogP contribution is -2.57. The minimum atomic E-state index is 0.113. The van der Waals surface area contributed by atoms with E-state index in [4.69, 9.17) is 4.74 Å². The molecule has 24 heavy (non-hydrogen) atoms. The Hall–Kier alpha value is -1.44. The summed E-state index contributed by atoms with van der Waals surface area (Å²) in [6.45, 7) is 4.82. The fraction of sp³-hybridized carbons (Fsp3) is 0.647. The molecule has 3 aliphatic rings. The summed E-state index contributed by atoms with van der Waals surface area (Å²) < 4.78 is 5.47. The van der Waals surface area contributed by atoms with Gasteiger partial charge in [-0.15, -0.1) is 11.3 Å². The predicted molar refractivity (Wildman–Crippen MR) is 91.2 cm³/mol. The van der Waals surface area contributed by atoms with E-state index in [0.29, 0.717) is 19.7 Å². The highest BCUT2D eigenvalue weighted by molar-refractivity contribution is 7.14. The zero-order valence-corrected chi connectivity index (χ0v) is 14.6. The summed E-state index contributed by atoms with van der Waals surface area (Å²) in [5.41, 5.74) is 1.17. The number of piperidine rings is 1. The van der Waals surface area contributed by atoms with E-state index in [2.05, 4.69) is 5.32 Å². The van der Waals surface area contributed by atoms with Crippen LogP contribution in [-0.2, 0) is 22.6 Å². The number of nitrogens with zero attached hydrogens (tertiary/aromatic N) is 2. The molecule has 4 heterocycles. The van der Waals surface area contributed by atoms with E-state index < -0.39 is 0 Å². The van der Waals surface area contributed by atoms with Crippen molar-refractivity contribution in [2.75, 3.05) is 39.3 Å². The van der Waals surface area contributed by atoms with Crippen molar-refractivity contribution in [2.24, 2.45) is 0 Å². The standard InChI is InChI=1S/C17H23N3O3S/c21-16-9-18-4-6-20(16)13-2-1-5-19(10-13)17(22)15-8-12-11-23-7-3-14(12)24-15/h8,13,18H,1-7,9-11H2. The number of carbonyl (C=O) groups is 2. The van der Waals surface area contributed by atoms with Crippen LogP contribution in [0.25, 0.3) is 0 Å². The summed E-state index contributed by atoms with van der Waals surface area (Å²) in [6.07, 6.45) is 2.86. The molecule has 130 valence electrons. The summed E-state index contributed by atoms with van der Waals surface area (Å²) in [6, 6.07) is 2.16. The van der Waals surface area contributed by atoms with Gasteiger partial charge < -0.3 is 19.9 Å². The highest BCUT2D eigenvalue weighted by Crippen LogP contribution is 2.29. The average molecular weight is 349 g/mol. The molecular weight excluding hydrogens is 326 g/mol. The van der Waals surface area contributed by atoms with E-state index in [0.717, 1.165) is 50.4 Å². The number of fused-ring (bicyclic) bond motifs is 1. The third-order valence-corrected chi connectivity index (χ3v) is 6.31. The van der Waals surface area contributed by atoms with Gasteiger partial charge in [-0.1, -0.05) is 0 Å². The first-order valence-electron chi connectivity index (χ1n) is 8.71. The Morgan fingerprint density at radius 2 is 2.29 bits per heavy atom. The van der Waals surface area contributed by atoms with Gasteiger partial charge in [-0.25, -0.2) is 0 Å². The zero-order chi connectivity index (χ0) is 16.5. The van der Waals surface area contributed by atoms with Crippen LogP contribution in [0.1, 0.15) is 33.0 Å². The average Bonchev–Trinajstić information content (AvgIpc) is 3.06. The Balaban J connectivity index is 1.46. The van der Waals surface area contributed by atoms with Crippen molar-refractivity contribution in [3.63, 3.8) is 0 Å². The van der Waals surface area contributed by atoms with E-state index in [1.807, 2.05) is 15.9 Å². The van der Waals surface area contributed by atoms with Gasteiger partial charge in [0.05, 0.1) is 24.6 Å². The summed E-state index contributed by atoms with van der Waals surface area (Å²) in [5.74, 6) is 0.269. The normalized spacial score (nSPS) is 24.8. The first-order chi connectivity index (χ1) is 11.7. The molecule has 1 aromatic heterocycles. The molecule has 2 amide bonds. The summed E-state index contributed by atoms with van der Waals surface area (Å²) in [4.78, 5) is 31.0. The number of thiophene rings is 1. The second-order valence-electron chi connectivity index (χ2n) is 6.67. The second kappa shape index (κ2) is 6.82. The lowest BCUT2D eigenvalue weighted by atomic mass is 10.0. The number of ether oxygens (including phenoxy) is 1. The fourth-order valence-corrected chi connectivity index (χ4v) is 4.93. The van der Waals surface area contributed by atoms with Gasteiger partial charge in [0.2, 0.25) is 5.91 Å². The van der Waals surface area contributed by atoms with Crippen LogP contribution < -0.4 is 5.32 Å². The number of carbonyl (C=O) groups excluding carboxylic acids is 2. The lowest BCUT2D eigenvalue weighted by molar-refractivity contribution is -0.135. The predicted octanol–water partition coefficient (Wildman–Crippen LogP) is 0.857. The molecule has 0 saturated carbocycles. The van der Waals surface area contributed by atoms with Gasteiger partial charge in [-0.3, -0.25) is 9.59 Å². The number of piperazine rings is 1. The molecule has 2 saturated heterocycles. The van der Waals surface area contributed by atoms with Crippen LogP contribution in [0, 0.1) is 0 Å². The van der Waals surface area contributed by atoms with Crippen LogP contribution in [0.5, 0.6) is 0 Å². The van der Waals surface area contributed by atoms with Crippen molar-refractivity contribution < 1.29 is 14.3 Å². The van der Waals surface area contributed by atoms with Gasteiger partial charge in [-0.05, 0) is 24.5 Å². The SMILES string of the molecule is O=C(c1cc2c(s1)CCOC2)N1CCCC(N2CCNCC2=O)C1. The molecule has 1 unspecified atom stereocenters. The molecular formula is C17H23N3O3S. The molecule has 4 rings (SSSR count). The lowest BCUT2D eigenvalue weighted by Gasteiger charge is -2.41. The van der Waals surface area contributed by atoms with E-state index in [-0.39, 0.29) is 17.9 Å². The van der Waals surface area contributed by atoms with Gasteiger partial charge in [0.15, 0.2) is 0 Å². The molecule has 1 N–H and O–H groups in total. The zero-order valence-electron chi connectivity index (χ0n) is 13.8. The molecule has 0 aliphatic carbocycles. The van der Waals surface area contributed by atoms with Crippen LogP contribution in [0.2, 0.25) is 0 Å². The van der Waals surface area contributed by atoms with Gasteiger partial charge in [0.1, 0.15) is 0 Å². The third-order valence-electron chi connectivity index (χ3n) is 5.09. The molecule has 0 radical (unpaired) electrons. The fourth-order valence-electron chi connectivity index (χ4n) is 3.81. The maximum Gasteiger partial charge on any atom is 0.264 e. The number of rotatable bonds is 2. The number of amides is 2. The first-order valence-corrected chi connectivity index (χ1v) is 9.53. The van der Waals surface area contributed by atoms with E-state index >= 15 is 0 Å². The van der Waals surface area contributed by atoms with Crippen LogP contribution in [0.15, 0.2) is 6.07 Å². The largest absolute Gasteiger partial charge is 0.376 e. The maximum absolute atomic E-state index is 12.9. The Morgan fingerprint density at radius 3 is 3.12 bits per heavy atom. The Bertz CT molecular complexity index is 622. The number of hydrogen-bond donors (Lipinski definition) is 1. The first kappa shape index (κ1) is 16.1. The van der Waals surface area contributed by atoms with E-state index in [1.54, 1.807) is 11.3 Å². The van der Waals surface area contributed by atoms with Crippen molar-refractivity contribution in [3.05, 3.63) is 21.4 Å². The molecule has 0 aromatic carbocycles. The molecule has 1 atom stereocenters. The van der Waals surface area contributed by atoms with Crippen LogP contribution in [0.3, 0.4) is 0 Å². The van der Waals surface area contributed by atoms with E-state index in [9.17, 15) is 9.59 Å². The van der Waals surface area contributed by atoms with Gasteiger partial charge in [-0.2, -0.15) is 0 Å². The second-order valence-corrected chi connectivity index (χ2v) is 7.81. The smallest absolute Gasteiger partial charge is 0.264 e. The van der Waals surface area contributed by atoms with Crippen LogP contribution >= 0.6 is 11.3 Å². The molecule has 0 bridgehead atoms. The summed E-state index contributed by atoms with van der Waals surface area (Å²) >= 11 is 1.61. The highest BCUT2D eigenvalue weighted by atomic mass is 32.1. The molecule has 7 heteroatoms. The van der Waals surface area contributed by atoms with Crippen molar-refractivity contribution >= 4 is 23.2 Å². The molecule has 6 nitrogen and oxygen atoms in total. The van der Waals surface area contributed by atoms with Crippen molar-refractivity contribution in [3.8, 4) is 0 Å². The number of hydrogen-bond acceptors (Lipinski definition) is 5. The van der Waals surface area contributed by atoms with Crippen molar-refractivity contribution in [1.82, 2.24) is 15.1 Å². The topological polar surface area (TPSA) is 61.9 Å². The van der Waals surface area contributed by atoms with Crippen LogP contribution in [0.4, 0.5) is 0 Å². The Labute approximate surface area is 145 Å². The number of likely N-dealkylation sites (tertiary alicyclic amines) is 1. The Morgan fingerprint density at radius 1 is 1.38 bits per heavy atom. The van der Waals surface area contributed by atoms with Gasteiger partial charge in [0.25, 0.3) is 5.91 Å². The highest BCUT2D eigenvalue weighted by Gasteiger charge is 2.32. The van der Waals surface area contributed by atoms with Crippen molar-refractivity contribution in [1.29, 1.82) is 0 Å². The minimum absolute atomic E-state index is 0.113. The molecule has 3 aliphatic heterocycles. The summed E-state index contributed by atoms with van der Waals surface area (Å²) in [5, 5.41) is 3.11. The minimum Gasteiger partial charge on any atom is -0.376 e. The van der Waals surface area contributed by atoms with Crippen molar-refractivity contribution in [2.45, 2.75) is 31.9 Å². The maximum atomic E-state index is 12.9. The number of nitrogens with one attached hydrogen (secondary N) is 1. The van der Waals surface area contributed by atoms with Gasteiger partial charge in [0, 0.05) is 43.5 Å². The molecule has 2 fully saturated rings. The third kappa shape index (κ3) is 3.08. The molecule has 1 aromatic rings. The monoisotopic (exact) mass is 349 g/mol. The quantitative estimate of drug-likeness (QED) is 0.860. The van der Waals surface area contributed by atoms with E-state index in [1.165, 1.54) is 10.4 Å².